The highest BCUT2D eigenvalue weighted by molar-refractivity contribution is 7.99. The highest BCUT2D eigenvalue weighted by Gasteiger charge is 2.18. The van der Waals surface area contributed by atoms with Gasteiger partial charge in [0.1, 0.15) is 12.4 Å². The Hall–Kier alpha value is -2.28. The summed E-state index contributed by atoms with van der Waals surface area (Å²) in [6.45, 7) is 11.3. The Bertz CT molecular complexity index is 865. The van der Waals surface area contributed by atoms with Gasteiger partial charge in [-0.15, -0.1) is 16.8 Å². The lowest BCUT2D eigenvalue weighted by atomic mass is 9.87. The number of nitrogens with one attached hydrogen (secondary N) is 1. The summed E-state index contributed by atoms with van der Waals surface area (Å²) in [6.07, 6.45) is 7.65. The smallest absolute Gasteiger partial charge is 0.230 e. The summed E-state index contributed by atoms with van der Waals surface area (Å²) in [6, 6.07) is 8.48. The third kappa shape index (κ3) is 6.86. The molecule has 168 valence electrons. The number of hydrogen-bond donors (Lipinski definition) is 1. The van der Waals surface area contributed by atoms with Crippen molar-refractivity contribution in [3.8, 4) is 5.75 Å². The molecular formula is C24H34N4O2S. The predicted octanol–water partition coefficient (Wildman–Crippen LogP) is 4.88. The topological polar surface area (TPSA) is 69.0 Å². The molecule has 7 heteroatoms. The van der Waals surface area contributed by atoms with E-state index in [2.05, 4.69) is 55.0 Å². The van der Waals surface area contributed by atoms with E-state index in [1.54, 1.807) is 6.08 Å². The fourth-order valence-electron chi connectivity index (χ4n) is 3.69. The van der Waals surface area contributed by atoms with Crippen LogP contribution in [-0.4, -0.2) is 32.5 Å². The molecule has 3 rings (SSSR count). The second-order valence-electron chi connectivity index (χ2n) is 9.05. The number of hydrogen-bond acceptors (Lipinski definition) is 5. The van der Waals surface area contributed by atoms with Gasteiger partial charge in [-0.2, -0.15) is 0 Å². The van der Waals surface area contributed by atoms with Gasteiger partial charge in [-0.3, -0.25) is 9.36 Å². The lowest BCUT2D eigenvalue weighted by molar-refractivity contribution is -0.119. The Morgan fingerprint density at radius 3 is 2.58 bits per heavy atom. The Morgan fingerprint density at radius 2 is 1.94 bits per heavy atom. The minimum absolute atomic E-state index is 0.0572. The molecule has 0 unspecified atom stereocenters. The number of ether oxygens (including phenoxy) is 1. The van der Waals surface area contributed by atoms with Crippen LogP contribution in [0.15, 0.2) is 42.1 Å². The number of thioether (sulfide) groups is 1. The molecule has 1 aliphatic rings. The van der Waals surface area contributed by atoms with Crippen molar-refractivity contribution in [2.75, 3.05) is 5.75 Å². The number of carbonyl (C=O) groups excluding carboxylic acids is 1. The molecule has 1 fully saturated rings. The third-order valence-electron chi connectivity index (χ3n) is 5.50. The van der Waals surface area contributed by atoms with Gasteiger partial charge in [-0.1, -0.05) is 70.0 Å². The second-order valence-corrected chi connectivity index (χ2v) is 9.99. The molecule has 6 nitrogen and oxygen atoms in total. The van der Waals surface area contributed by atoms with E-state index in [9.17, 15) is 4.79 Å². The highest BCUT2D eigenvalue weighted by Crippen LogP contribution is 2.25. The van der Waals surface area contributed by atoms with Crippen LogP contribution in [-0.2, 0) is 23.4 Å². The highest BCUT2D eigenvalue weighted by atomic mass is 32.2. The van der Waals surface area contributed by atoms with Crippen LogP contribution >= 0.6 is 11.8 Å². The van der Waals surface area contributed by atoms with E-state index in [1.165, 1.54) is 36.6 Å². The van der Waals surface area contributed by atoms with Crippen molar-refractivity contribution in [3.63, 3.8) is 0 Å². The minimum atomic E-state index is 0.0572. The second kappa shape index (κ2) is 10.8. The zero-order valence-electron chi connectivity index (χ0n) is 18.9. The van der Waals surface area contributed by atoms with Crippen LogP contribution < -0.4 is 10.1 Å². The number of aromatic nitrogens is 3. The van der Waals surface area contributed by atoms with Crippen LogP contribution in [0.2, 0.25) is 0 Å². The Labute approximate surface area is 189 Å². The van der Waals surface area contributed by atoms with E-state index in [-0.39, 0.29) is 11.3 Å². The number of amides is 1. The van der Waals surface area contributed by atoms with Crippen molar-refractivity contribution in [3.05, 3.63) is 48.3 Å². The van der Waals surface area contributed by atoms with Gasteiger partial charge in [0.05, 0.1) is 5.75 Å². The molecule has 1 amide bonds. The van der Waals surface area contributed by atoms with Crippen molar-refractivity contribution in [1.29, 1.82) is 0 Å². The fraction of sp³-hybridized carbons (Fsp3) is 0.542. The molecule has 1 saturated carbocycles. The van der Waals surface area contributed by atoms with Gasteiger partial charge < -0.3 is 10.1 Å². The average molecular weight is 443 g/mol. The van der Waals surface area contributed by atoms with E-state index >= 15 is 0 Å². The van der Waals surface area contributed by atoms with Gasteiger partial charge in [0.25, 0.3) is 0 Å². The molecule has 0 saturated heterocycles. The summed E-state index contributed by atoms with van der Waals surface area (Å²) >= 11 is 1.40. The molecule has 0 bridgehead atoms. The first-order chi connectivity index (χ1) is 14.9. The lowest BCUT2D eigenvalue weighted by Crippen LogP contribution is -2.37. The van der Waals surface area contributed by atoms with Crippen molar-refractivity contribution < 1.29 is 9.53 Å². The molecular weight excluding hydrogens is 408 g/mol. The van der Waals surface area contributed by atoms with E-state index in [0.29, 0.717) is 30.1 Å². The quantitative estimate of drug-likeness (QED) is 0.443. The van der Waals surface area contributed by atoms with Gasteiger partial charge in [-0.25, -0.2) is 0 Å². The Balaban J connectivity index is 1.56. The van der Waals surface area contributed by atoms with Gasteiger partial charge in [-0.05, 0) is 36.0 Å². The molecule has 1 aliphatic carbocycles. The van der Waals surface area contributed by atoms with Crippen LogP contribution in [0.25, 0.3) is 0 Å². The van der Waals surface area contributed by atoms with Gasteiger partial charge in [0.15, 0.2) is 11.0 Å². The molecule has 1 aromatic carbocycles. The lowest BCUT2D eigenvalue weighted by Gasteiger charge is -2.22. The average Bonchev–Trinajstić information content (AvgIpc) is 3.13. The van der Waals surface area contributed by atoms with Gasteiger partial charge in [0, 0.05) is 12.6 Å². The molecule has 0 spiro atoms. The number of benzene rings is 1. The largest absolute Gasteiger partial charge is 0.486 e. The fourth-order valence-corrected chi connectivity index (χ4v) is 4.47. The normalized spacial score (nSPS) is 14.9. The summed E-state index contributed by atoms with van der Waals surface area (Å²) in [5.74, 6) is 1.90. The first-order valence-electron chi connectivity index (χ1n) is 11.1. The van der Waals surface area contributed by atoms with Crippen molar-refractivity contribution in [1.82, 2.24) is 20.1 Å². The number of rotatable bonds is 9. The molecule has 0 radical (unpaired) electrons. The van der Waals surface area contributed by atoms with Gasteiger partial charge >= 0.3 is 0 Å². The molecule has 1 N–H and O–H groups in total. The molecule has 2 aromatic rings. The van der Waals surface area contributed by atoms with Crippen LogP contribution in [0.5, 0.6) is 5.75 Å². The molecule has 0 atom stereocenters. The van der Waals surface area contributed by atoms with Crippen molar-refractivity contribution >= 4 is 17.7 Å². The van der Waals surface area contributed by atoms with Gasteiger partial charge in [0.2, 0.25) is 5.91 Å². The summed E-state index contributed by atoms with van der Waals surface area (Å²) < 4.78 is 7.89. The Kier molecular flexibility index (Phi) is 8.18. The van der Waals surface area contributed by atoms with E-state index in [4.69, 9.17) is 4.74 Å². The van der Waals surface area contributed by atoms with E-state index in [1.807, 2.05) is 16.7 Å². The van der Waals surface area contributed by atoms with Crippen LogP contribution in [0.3, 0.4) is 0 Å². The first kappa shape index (κ1) is 23.4. The maximum absolute atomic E-state index is 12.3. The predicted molar refractivity (Wildman–Crippen MR) is 125 cm³/mol. The van der Waals surface area contributed by atoms with E-state index < -0.39 is 0 Å². The number of carbonyl (C=O) groups is 1. The maximum atomic E-state index is 12.3. The summed E-state index contributed by atoms with van der Waals surface area (Å²) in [5.41, 5.74) is 1.37. The maximum Gasteiger partial charge on any atom is 0.230 e. The summed E-state index contributed by atoms with van der Waals surface area (Å²) in [7, 11) is 0. The van der Waals surface area contributed by atoms with Crippen molar-refractivity contribution in [2.45, 2.75) is 82.6 Å². The molecule has 1 heterocycles. The van der Waals surface area contributed by atoms with Crippen LogP contribution in [0.1, 0.15) is 64.3 Å². The van der Waals surface area contributed by atoms with Crippen LogP contribution in [0, 0.1) is 0 Å². The zero-order valence-corrected chi connectivity index (χ0v) is 19.7. The van der Waals surface area contributed by atoms with Crippen molar-refractivity contribution in [2.24, 2.45) is 0 Å². The molecule has 0 aliphatic heterocycles. The molecule has 1 aromatic heterocycles. The Morgan fingerprint density at radius 1 is 1.23 bits per heavy atom. The summed E-state index contributed by atoms with van der Waals surface area (Å²) in [5, 5.41) is 12.4. The van der Waals surface area contributed by atoms with E-state index in [0.717, 1.165) is 24.4 Å². The standard InChI is InChI=1S/C24H34N4O2S/c1-5-15-28-21(16-30-20-13-11-18(12-14-20)24(2,3)4)26-27-23(28)31-17-22(29)25-19-9-7-6-8-10-19/h5,11-14,19H,1,6-10,15-17H2,2-4H3,(H,25,29). The first-order valence-corrected chi connectivity index (χ1v) is 12.0. The summed E-state index contributed by atoms with van der Waals surface area (Å²) in [4.78, 5) is 12.3. The minimum Gasteiger partial charge on any atom is -0.486 e. The SMILES string of the molecule is C=CCn1c(COc2ccc(C(C)(C)C)cc2)nnc1SCC(=O)NC1CCCCC1. The molecule has 31 heavy (non-hydrogen) atoms. The monoisotopic (exact) mass is 442 g/mol. The number of nitrogens with zero attached hydrogens (tertiary/aromatic N) is 3. The third-order valence-corrected chi connectivity index (χ3v) is 6.46. The zero-order chi connectivity index (χ0) is 22.3. The number of allylic oxidation sites excluding steroid dienone is 1. The van der Waals surface area contributed by atoms with Crippen LogP contribution in [0.4, 0.5) is 0 Å².